The Labute approximate surface area is 126 Å². The standard InChI is InChI=1S/C14H20N2O6/c1-3-4-12(18)22-9-5-11(21-10(9)7-17)16-6-8(2)13(19)15-14(16)20/h6,9-11,17H,3-5,7H2,1-2H3,(H,15,19,20). The van der Waals surface area contributed by atoms with E-state index in [0.717, 1.165) is 0 Å². The maximum Gasteiger partial charge on any atom is 0.330 e. The van der Waals surface area contributed by atoms with E-state index in [0.29, 0.717) is 12.0 Å². The molecule has 0 spiro atoms. The first-order chi connectivity index (χ1) is 10.5. The van der Waals surface area contributed by atoms with Crippen molar-refractivity contribution in [1.29, 1.82) is 0 Å². The van der Waals surface area contributed by atoms with Gasteiger partial charge in [-0.1, -0.05) is 6.92 Å². The normalized spacial score (nSPS) is 24.4. The maximum atomic E-state index is 11.9. The van der Waals surface area contributed by atoms with Crippen LogP contribution in [0.5, 0.6) is 0 Å². The minimum Gasteiger partial charge on any atom is -0.459 e. The molecule has 0 bridgehead atoms. The molecule has 0 aromatic carbocycles. The molecular weight excluding hydrogens is 292 g/mol. The summed E-state index contributed by atoms with van der Waals surface area (Å²) < 4.78 is 12.1. The summed E-state index contributed by atoms with van der Waals surface area (Å²) in [5.41, 5.74) is -0.683. The van der Waals surface area contributed by atoms with Crippen molar-refractivity contribution in [3.63, 3.8) is 0 Å². The average molecular weight is 312 g/mol. The quantitative estimate of drug-likeness (QED) is 0.731. The van der Waals surface area contributed by atoms with Crippen LogP contribution in [0.15, 0.2) is 15.8 Å². The van der Waals surface area contributed by atoms with E-state index in [1.807, 2.05) is 6.92 Å². The number of aromatic amines is 1. The molecule has 0 radical (unpaired) electrons. The van der Waals surface area contributed by atoms with Gasteiger partial charge in [0.2, 0.25) is 0 Å². The van der Waals surface area contributed by atoms with E-state index >= 15 is 0 Å². The molecule has 3 atom stereocenters. The largest absolute Gasteiger partial charge is 0.459 e. The summed E-state index contributed by atoms with van der Waals surface area (Å²) in [4.78, 5) is 37.0. The third kappa shape index (κ3) is 3.45. The van der Waals surface area contributed by atoms with Crippen LogP contribution in [-0.2, 0) is 14.3 Å². The van der Waals surface area contributed by atoms with Gasteiger partial charge in [0, 0.05) is 24.6 Å². The molecule has 0 amide bonds. The zero-order chi connectivity index (χ0) is 16.3. The molecule has 1 aromatic rings. The molecule has 22 heavy (non-hydrogen) atoms. The van der Waals surface area contributed by atoms with Crippen molar-refractivity contribution in [2.75, 3.05) is 6.61 Å². The van der Waals surface area contributed by atoms with E-state index in [4.69, 9.17) is 9.47 Å². The second kappa shape index (κ2) is 6.89. The first kappa shape index (κ1) is 16.4. The van der Waals surface area contributed by atoms with Gasteiger partial charge in [0.25, 0.3) is 5.56 Å². The van der Waals surface area contributed by atoms with Gasteiger partial charge in [-0.05, 0) is 13.3 Å². The maximum absolute atomic E-state index is 11.9. The Morgan fingerprint density at radius 1 is 1.55 bits per heavy atom. The summed E-state index contributed by atoms with van der Waals surface area (Å²) in [6, 6.07) is 0. The molecule has 122 valence electrons. The van der Waals surface area contributed by atoms with E-state index in [2.05, 4.69) is 4.98 Å². The lowest BCUT2D eigenvalue weighted by atomic mass is 10.2. The molecule has 3 unspecified atom stereocenters. The van der Waals surface area contributed by atoms with Gasteiger partial charge >= 0.3 is 11.7 Å². The molecule has 1 fully saturated rings. The number of hydrogen-bond acceptors (Lipinski definition) is 6. The average Bonchev–Trinajstić information content (AvgIpc) is 2.85. The Bertz CT molecular complexity index is 649. The molecule has 0 saturated carbocycles. The Hall–Kier alpha value is -1.93. The first-order valence-electron chi connectivity index (χ1n) is 7.24. The number of nitrogens with zero attached hydrogens (tertiary/aromatic N) is 1. The van der Waals surface area contributed by atoms with Crippen LogP contribution in [0.25, 0.3) is 0 Å². The zero-order valence-electron chi connectivity index (χ0n) is 12.6. The number of aromatic nitrogens is 2. The lowest BCUT2D eigenvalue weighted by Crippen LogP contribution is -2.33. The van der Waals surface area contributed by atoms with E-state index in [1.54, 1.807) is 6.92 Å². The summed E-state index contributed by atoms with van der Waals surface area (Å²) in [6.45, 7) is 3.12. The highest BCUT2D eigenvalue weighted by molar-refractivity contribution is 5.69. The van der Waals surface area contributed by atoms with Gasteiger partial charge in [-0.15, -0.1) is 0 Å². The van der Waals surface area contributed by atoms with Gasteiger partial charge in [-0.3, -0.25) is 19.1 Å². The second-order valence-corrected chi connectivity index (χ2v) is 5.30. The van der Waals surface area contributed by atoms with Crippen molar-refractivity contribution < 1.29 is 19.4 Å². The van der Waals surface area contributed by atoms with Gasteiger partial charge in [0.15, 0.2) is 0 Å². The molecular formula is C14H20N2O6. The Morgan fingerprint density at radius 3 is 2.91 bits per heavy atom. The van der Waals surface area contributed by atoms with Crippen LogP contribution in [0.1, 0.15) is 38.0 Å². The Kier molecular flexibility index (Phi) is 5.15. The van der Waals surface area contributed by atoms with Crippen molar-refractivity contribution in [2.45, 2.75) is 51.5 Å². The highest BCUT2D eigenvalue weighted by Crippen LogP contribution is 2.30. The molecule has 2 heterocycles. The van der Waals surface area contributed by atoms with Crippen LogP contribution in [0.3, 0.4) is 0 Å². The smallest absolute Gasteiger partial charge is 0.330 e. The fourth-order valence-corrected chi connectivity index (χ4v) is 2.39. The van der Waals surface area contributed by atoms with Crippen LogP contribution >= 0.6 is 0 Å². The molecule has 8 heteroatoms. The number of rotatable bonds is 5. The lowest BCUT2D eigenvalue weighted by Gasteiger charge is -2.16. The number of aliphatic hydroxyl groups excluding tert-OH is 1. The Balaban J connectivity index is 2.18. The number of H-pyrrole nitrogens is 1. The van der Waals surface area contributed by atoms with Crippen molar-refractivity contribution in [2.24, 2.45) is 0 Å². The monoisotopic (exact) mass is 312 g/mol. The first-order valence-corrected chi connectivity index (χ1v) is 7.24. The van der Waals surface area contributed by atoms with Crippen LogP contribution in [0.2, 0.25) is 0 Å². The fourth-order valence-electron chi connectivity index (χ4n) is 2.39. The molecule has 0 aliphatic carbocycles. The van der Waals surface area contributed by atoms with Gasteiger partial charge in [0.1, 0.15) is 18.4 Å². The van der Waals surface area contributed by atoms with Crippen LogP contribution in [0, 0.1) is 6.92 Å². The van der Waals surface area contributed by atoms with Crippen molar-refractivity contribution in [3.05, 3.63) is 32.6 Å². The third-order valence-electron chi connectivity index (χ3n) is 3.55. The molecule has 1 saturated heterocycles. The highest BCUT2D eigenvalue weighted by atomic mass is 16.6. The molecule has 1 aliphatic rings. The summed E-state index contributed by atoms with van der Waals surface area (Å²) >= 11 is 0. The number of carbonyl (C=O) groups is 1. The topological polar surface area (TPSA) is 111 Å². The summed E-state index contributed by atoms with van der Waals surface area (Å²) in [6.07, 6.45) is 0.593. The van der Waals surface area contributed by atoms with E-state index in [9.17, 15) is 19.5 Å². The van der Waals surface area contributed by atoms with Crippen molar-refractivity contribution in [1.82, 2.24) is 9.55 Å². The number of aliphatic hydroxyl groups is 1. The van der Waals surface area contributed by atoms with Crippen LogP contribution in [0.4, 0.5) is 0 Å². The van der Waals surface area contributed by atoms with Crippen LogP contribution < -0.4 is 11.2 Å². The van der Waals surface area contributed by atoms with E-state index in [-0.39, 0.29) is 25.4 Å². The summed E-state index contributed by atoms with van der Waals surface area (Å²) in [5, 5.41) is 9.35. The van der Waals surface area contributed by atoms with E-state index < -0.39 is 29.7 Å². The number of aryl methyl sites for hydroxylation is 1. The SMILES string of the molecule is CCCC(=O)OC1CC(n2cc(C)c(=O)[nH]c2=O)OC1CO. The second-order valence-electron chi connectivity index (χ2n) is 5.30. The van der Waals surface area contributed by atoms with Crippen molar-refractivity contribution in [3.8, 4) is 0 Å². The third-order valence-corrected chi connectivity index (χ3v) is 3.55. The predicted molar refractivity (Wildman–Crippen MR) is 76.5 cm³/mol. The molecule has 8 nitrogen and oxygen atoms in total. The highest BCUT2D eigenvalue weighted by Gasteiger charge is 2.38. The van der Waals surface area contributed by atoms with E-state index in [1.165, 1.54) is 10.8 Å². The predicted octanol–water partition coefficient (Wildman–Crippen LogP) is -0.163. The van der Waals surface area contributed by atoms with Crippen LogP contribution in [-0.4, -0.2) is 39.4 Å². The van der Waals surface area contributed by atoms with Gasteiger partial charge in [0.05, 0.1) is 6.61 Å². The molecule has 1 aromatic heterocycles. The molecule has 2 N–H and O–H groups in total. The number of esters is 1. The van der Waals surface area contributed by atoms with Crippen molar-refractivity contribution >= 4 is 5.97 Å². The summed E-state index contributed by atoms with van der Waals surface area (Å²) in [5.74, 6) is -0.361. The lowest BCUT2D eigenvalue weighted by molar-refractivity contribution is -0.153. The number of ether oxygens (including phenoxy) is 2. The van der Waals surface area contributed by atoms with Gasteiger partial charge in [-0.2, -0.15) is 0 Å². The van der Waals surface area contributed by atoms with Gasteiger partial charge < -0.3 is 14.6 Å². The molecule has 1 aliphatic heterocycles. The summed E-state index contributed by atoms with van der Waals surface area (Å²) in [7, 11) is 0. The Morgan fingerprint density at radius 2 is 2.27 bits per heavy atom. The number of nitrogens with one attached hydrogen (secondary N) is 1. The molecule has 2 rings (SSSR count). The minimum atomic E-state index is -0.695. The fraction of sp³-hybridized carbons (Fsp3) is 0.643. The number of hydrogen-bond donors (Lipinski definition) is 2. The minimum absolute atomic E-state index is 0.242. The van der Waals surface area contributed by atoms with Gasteiger partial charge in [-0.25, -0.2) is 4.79 Å². The zero-order valence-corrected chi connectivity index (χ0v) is 12.6. The number of carbonyl (C=O) groups excluding carboxylic acids is 1.